The van der Waals surface area contributed by atoms with Crippen molar-refractivity contribution in [2.45, 2.75) is 6.54 Å². The number of nitrogens with zero attached hydrogens (tertiary/aromatic N) is 3. The van der Waals surface area contributed by atoms with Gasteiger partial charge in [0.05, 0.1) is 10.6 Å². The Kier molecular flexibility index (Phi) is 4.42. The SMILES string of the molecule is O=C(c1ccccc1Cl)N1CCN(Cc2noc3ccccc23)CC1. The summed E-state index contributed by atoms with van der Waals surface area (Å²) in [6, 6.07) is 15.1. The molecule has 1 aromatic heterocycles. The molecular weight excluding hydrogens is 338 g/mol. The largest absolute Gasteiger partial charge is 0.356 e. The molecule has 1 saturated heterocycles. The molecule has 0 aliphatic carbocycles. The summed E-state index contributed by atoms with van der Waals surface area (Å²) in [4.78, 5) is 16.8. The van der Waals surface area contributed by atoms with Gasteiger partial charge in [0.1, 0.15) is 5.69 Å². The molecule has 0 N–H and O–H groups in total. The summed E-state index contributed by atoms with van der Waals surface area (Å²) in [5.74, 6) is -0.00265. The third-order valence-electron chi connectivity index (χ3n) is 4.59. The van der Waals surface area contributed by atoms with Gasteiger partial charge in [0.15, 0.2) is 5.58 Å². The molecule has 3 aromatic rings. The van der Waals surface area contributed by atoms with Crippen molar-refractivity contribution in [3.8, 4) is 0 Å². The number of carbonyl (C=O) groups excluding carboxylic acids is 1. The molecular formula is C19H18ClN3O2. The Hall–Kier alpha value is -2.37. The highest BCUT2D eigenvalue weighted by Crippen LogP contribution is 2.21. The molecule has 1 aliphatic rings. The van der Waals surface area contributed by atoms with E-state index in [0.29, 0.717) is 23.7 Å². The van der Waals surface area contributed by atoms with E-state index in [-0.39, 0.29) is 5.91 Å². The first-order chi connectivity index (χ1) is 12.2. The number of benzene rings is 2. The molecule has 128 valence electrons. The van der Waals surface area contributed by atoms with E-state index in [1.165, 1.54) is 0 Å². The van der Waals surface area contributed by atoms with E-state index >= 15 is 0 Å². The molecule has 1 fully saturated rings. The molecule has 4 rings (SSSR count). The molecule has 0 atom stereocenters. The molecule has 25 heavy (non-hydrogen) atoms. The lowest BCUT2D eigenvalue weighted by atomic mass is 10.1. The maximum Gasteiger partial charge on any atom is 0.255 e. The second kappa shape index (κ2) is 6.86. The zero-order valence-electron chi connectivity index (χ0n) is 13.7. The lowest BCUT2D eigenvalue weighted by Crippen LogP contribution is -2.48. The first-order valence-electron chi connectivity index (χ1n) is 8.32. The molecule has 0 saturated carbocycles. The summed E-state index contributed by atoms with van der Waals surface area (Å²) >= 11 is 6.14. The van der Waals surface area contributed by atoms with Crippen LogP contribution in [0, 0.1) is 0 Å². The van der Waals surface area contributed by atoms with E-state index in [9.17, 15) is 4.79 Å². The summed E-state index contributed by atoms with van der Waals surface area (Å²) in [5.41, 5.74) is 2.33. The van der Waals surface area contributed by atoms with Gasteiger partial charge in [-0.1, -0.05) is 41.0 Å². The van der Waals surface area contributed by atoms with Gasteiger partial charge in [-0.25, -0.2) is 0 Å². The number of piperazine rings is 1. The van der Waals surface area contributed by atoms with Crippen LogP contribution in [0.15, 0.2) is 53.1 Å². The van der Waals surface area contributed by atoms with Gasteiger partial charge in [-0.15, -0.1) is 0 Å². The van der Waals surface area contributed by atoms with E-state index in [1.807, 2.05) is 41.3 Å². The van der Waals surface area contributed by atoms with Crippen LogP contribution in [0.1, 0.15) is 16.1 Å². The van der Waals surface area contributed by atoms with Crippen LogP contribution >= 0.6 is 11.6 Å². The Balaban J connectivity index is 1.40. The summed E-state index contributed by atoms with van der Waals surface area (Å²) in [6.07, 6.45) is 0. The standard InChI is InChI=1S/C19H18ClN3O2/c20-16-7-3-1-5-14(16)19(24)23-11-9-22(10-12-23)13-17-15-6-2-4-8-18(15)25-21-17/h1-8H,9-13H2. The molecule has 1 aliphatic heterocycles. The van der Waals surface area contributed by atoms with E-state index in [1.54, 1.807) is 12.1 Å². The molecule has 0 bridgehead atoms. The molecule has 2 heterocycles. The number of aromatic nitrogens is 1. The minimum atomic E-state index is -0.00265. The van der Waals surface area contributed by atoms with Crippen LogP contribution in [0.5, 0.6) is 0 Å². The van der Waals surface area contributed by atoms with Crippen LogP contribution in [-0.2, 0) is 6.54 Å². The quantitative estimate of drug-likeness (QED) is 0.722. The number of hydrogen-bond donors (Lipinski definition) is 0. The number of rotatable bonds is 3. The molecule has 2 aromatic carbocycles. The third-order valence-corrected chi connectivity index (χ3v) is 4.92. The number of para-hydroxylation sites is 1. The van der Waals surface area contributed by atoms with Crippen molar-refractivity contribution in [3.63, 3.8) is 0 Å². The topological polar surface area (TPSA) is 49.6 Å². The fraction of sp³-hybridized carbons (Fsp3) is 0.263. The second-order valence-electron chi connectivity index (χ2n) is 6.17. The molecule has 0 unspecified atom stereocenters. The van der Waals surface area contributed by atoms with Crippen molar-refractivity contribution in [2.24, 2.45) is 0 Å². The van der Waals surface area contributed by atoms with Gasteiger partial charge in [0, 0.05) is 38.1 Å². The Morgan fingerprint density at radius 2 is 1.76 bits per heavy atom. The average Bonchev–Trinajstić information content (AvgIpc) is 3.05. The predicted molar refractivity (Wildman–Crippen MR) is 96.6 cm³/mol. The van der Waals surface area contributed by atoms with Gasteiger partial charge < -0.3 is 9.42 Å². The third kappa shape index (κ3) is 3.25. The number of amides is 1. The van der Waals surface area contributed by atoms with Crippen molar-refractivity contribution < 1.29 is 9.32 Å². The van der Waals surface area contributed by atoms with Gasteiger partial charge >= 0.3 is 0 Å². The highest BCUT2D eigenvalue weighted by Gasteiger charge is 2.24. The Morgan fingerprint density at radius 1 is 1.04 bits per heavy atom. The zero-order valence-corrected chi connectivity index (χ0v) is 14.4. The highest BCUT2D eigenvalue weighted by molar-refractivity contribution is 6.33. The van der Waals surface area contributed by atoms with Crippen molar-refractivity contribution in [1.29, 1.82) is 0 Å². The zero-order chi connectivity index (χ0) is 17.2. The van der Waals surface area contributed by atoms with Gasteiger partial charge in [-0.05, 0) is 24.3 Å². The highest BCUT2D eigenvalue weighted by atomic mass is 35.5. The Labute approximate surface area is 150 Å². The van der Waals surface area contributed by atoms with Crippen molar-refractivity contribution >= 4 is 28.5 Å². The van der Waals surface area contributed by atoms with Crippen LogP contribution in [0.25, 0.3) is 11.0 Å². The van der Waals surface area contributed by atoms with Crippen LogP contribution in [0.4, 0.5) is 0 Å². The maximum atomic E-state index is 12.6. The van der Waals surface area contributed by atoms with Gasteiger partial charge in [0.2, 0.25) is 0 Å². The van der Waals surface area contributed by atoms with Crippen molar-refractivity contribution in [3.05, 3.63) is 64.8 Å². The normalized spacial score (nSPS) is 15.6. The minimum absolute atomic E-state index is 0.00265. The van der Waals surface area contributed by atoms with Crippen LogP contribution in [0.3, 0.4) is 0 Å². The summed E-state index contributed by atoms with van der Waals surface area (Å²) in [7, 11) is 0. The molecule has 5 nitrogen and oxygen atoms in total. The Morgan fingerprint density at radius 3 is 2.56 bits per heavy atom. The van der Waals surface area contributed by atoms with Gasteiger partial charge in [-0.2, -0.15) is 0 Å². The van der Waals surface area contributed by atoms with Crippen LogP contribution < -0.4 is 0 Å². The van der Waals surface area contributed by atoms with E-state index in [2.05, 4.69) is 10.1 Å². The van der Waals surface area contributed by atoms with E-state index < -0.39 is 0 Å². The van der Waals surface area contributed by atoms with Gasteiger partial charge in [0.25, 0.3) is 5.91 Å². The predicted octanol–water partition coefficient (Wildman–Crippen LogP) is 3.44. The summed E-state index contributed by atoms with van der Waals surface area (Å²) in [6.45, 7) is 3.69. The fourth-order valence-corrected chi connectivity index (χ4v) is 3.39. The van der Waals surface area contributed by atoms with E-state index in [4.69, 9.17) is 16.1 Å². The first kappa shape index (κ1) is 16.1. The number of halogens is 1. The number of hydrogen-bond acceptors (Lipinski definition) is 4. The van der Waals surface area contributed by atoms with Crippen molar-refractivity contribution in [1.82, 2.24) is 15.0 Å². The lowest BCUT2D eigenvalue weighted by molar-refractivity contribution is 0.0626. The smallest absolute Gasteiger partial charge is 0.255 e. The van der Waals surface area contributed by atoms with Crippen molar-refractivity contribution in [2.75, 3.05) is 26.2 Å². The van der Waals surface area contributed by atoms with Crippen LogP contribution in [0.2, 0.25) is 5.02 Å². The molecule has 6 heteroatoms. The average molecular weight is 356 g/mol. The summed E-state index contributed by atoms with van der Waals surface area (Å²) < 4.78 is 5.37. The fourth-order valence-electron chi connectivity index (χ4n) is 3.18. The number of fused-ring (bicyclic) bond motifs is 1. The first-order valence-corrected chi connectivity index (χ1v) is 8.69. The summed E-state index contributed by atoms with van der Waals surface area (Å²) in [5, 5.41) is 5.74. The monoisotopic (exact) mass is 355 g/mol. The molecule has 1 amide bonds. The molecule has 0 spiro atoms. The van der Waals surface area contributed by atoms with Crippen LogP contribution in [-0.4, -0.2) is 47.0 Å². The lowest BCUT2D eigenvalue weighted by Gasteiger charge is -2.34. The number of carbonyl (C=O) groups is 1. The second-order valence-corrected chi connectivity index (χ2v) is 6.58. The Bertz CT molecular complexity index is 900. The van der Waals surface area contributed by atoms with Gasteiger partial charge in [-0.3, -0.25) is 9.69 Å². The molecule has 0 radical (unpaired) electrons. The minimum Gasteiger partial charge on any atom is -0.356 e. The maximum absolute atomic E-state index is 12.6. The van der Waals surface area contributed by atoms with E-state index in [0.717, 1.165) is 36.3 Å².